The number of hydrogen-bond acceptors (Lipinski definition) is 0. The Morgan fingerprint density at radius 1 is 0.762 bits per heavy atom. The molecule has 0 radical (unpaired) electrons. The van der Waals surface area contributed by atoms with Crippen molar-refractivity contribution in [3.8, 4) is 0 Å². The van der Waals surface area contributed by atoms with Gasteiger partial charge in [-0.2, -0.15) is 0 Å². The Labute approximate surface area is 144 Å². The molecule has 2 aromatic rings. The summed E-state index contributed by atoms with van der Waals surface area (Å²) in [5, 5.41) is 0.937. The van der Waals surface area contributed by atoms with Gasteiger partial charge in [-0.25, -0.2) is 0 Å². The summed E-state index contributed by atoms with van der Waals surface area (Å²) in [4.78, 5) is 0.395. The van der Waals surface area contributed by atoms with E-state index in [1.165, 1.54) is 11.1 Å². The zero-order valence-electron chi connectivity index (χ0n) is 12.0. The number of hydrogen-bond donors (Lipinski definition) is 0. The van der Waals surface area contributed by atoms with Crippen LogP contribution in [0.3, 0.4) is 0 Å². The Hall–Kier alpha value is -0.860. The fraction of sp³-hybridized carbons (Fsp3) is 0.263. The highest BCUT2D eigenvalue weighted by Gasteiger charge is 2.08. The number of allylic oxidation sites excluding steroid dienone is 2. The second kappa shape index (κ2) is 9.22. The first-order valence-corrected chi connectivity index (χ1v) is 9.28. The normalized spacial score (nSPS) is 12.9. The molecule has 1 unspecified atom stereocenters. The predicted molar refractivity (Wildman–Crippen MR) is 99.4 cm³/mol. The van der Waals surface area contributed by atoms with Gasteiger partial charge in [0.25, 0.3) is 0 Å². The molecular weight excluding hydrogens is 388 g/mol. The van der Waals surface area contributed by atoms with E-state index in [2.05, 4.69) is 105 Å². The van der Waals surface area contributed by atoms with Crippen LogP contribution in [-0.4, -0.2) is 10.2 Å². The molecule has 0 fully saturated rings. The molecule has 0 heterocycles. The molecule has 0 saturated carbocycles. The van der Waals surface area contributed by atoms with Crippen LogP contribution >= 0.6 is 31.9 Å². The van der Waals surface area contributed by atoms with Gasteiger partial charge in [0.05, 0.1) is 0 Å². The third-order valence-corrected chi connectivity index (χ3v) is 5.62. The highest BCUT2D eigenvalue weighted by molar-refractivity contribution is 9.12. The molecule has 0 nitrogen and oxygen atoms in total. The summed E-state index contributed by atoms with van der Waals surface area (Å²) in [6.45, 7) is 0. The van der Waals surface area contributed by atoms with Gasteiger partial charge in [-0.3, -0.25) is 0 Å². The van der Waals surface area contributed by atoms with Gasteiger partial charge in [0.15, 0.2) is 0 Å². The summed E-state index contributed by atoms with van der Waals surface area (Å²) in [6.07, 6.45) is 6.76. The molecule has 1 atom stereocenters. The van der Waals surface area contributed by atoms with Gasteiger partial charge >= 0.3 is 0 Å². The maximum Gasteiger partial charge on any atom is 0.0422 e. The van der Waals surface area contributed by atoms with Crippen molar-refractivity contribution in [1.82, 2.24) is 0 Å². The van der Waals surface area contributed by atoms with E-state index in [0.29, 0.717) is 10.7 Å². The van der Waals surface area contributed by atoms with Crippen LogP contribution < -0.4 is 0 Å². The van der Waals surface area contributed by atoms with E-state index < -0.39 is 0 Å². The molecular formula is C19H20Br2. The van der Waals surface area contributed by atoms with Crippen LogP contribution in [-0.2, 0) is 12.8 Å². The Morgan fingerprint density at radius 3 is 1.67 bits per heavy atom. The van der Waals surface area contributed by atoms with Crippen LogP contribution in [0.25, 0.3) is 0 Å². The first-order chi connectivity index (χ1) is 10.3. The summed E-state index contributed by atoms with van der Waals surface area (Å²) in [5.41, 5.74) is 2.79. The number of halogens is 2. The third-order valence-electron chi connectivity index (χ3n) is 3.42. The molecule has 0 aliphatic heterocycles. The summed E-state index contributed by atoms with van der Waals surface area (Å²) in [6, 6.07) is 21.5. The Morgan fingerprint density at radius 2 is 1.24 bits per heavy atom. The highest BCUT2D eigenvalue weighted by Crippen LogP contribution is 2.18. The lowest BCUT2D eigenvalue weighted by atomic mass is 9.92. The summed E-state index contributed by atoms with van der Waals surface area (Å²) in [5.74, 6) is 0.522. The molecule has 110 valence electrons. The smallest absolute Gasteiger partial charge is 0.0422 e. The Kier molecular flexibility index (Phi) is 7.25. The van der Waals surface area contributed by atoms with E-state index in [1.54, 1.807) is 0 Å². The summed E-state index contributed by atoms with van der Waals surface area (Å²) in [7, 11) is 0. The maximum absolute atomic E-state index is 3.64. The first kappa shape index (κ1) is 16.5. The largest absolute Gasteiger partial charge is 0.0913 e. The van der Waals surface area contributed by atoms with E-state index in [0.717, 1.165) is 18.2 Å². The van der Waals surface area contributed by atoms with Gasteiger partial charge in [0.2, 0.25) is 0 Å². The number of alkyl halides is 2. The van der Waals surface area contributed by atoms with Gasteiger partial charge in [-0.05, 0) is 29.9 Å². The monoisotopic (exact) mass is 406 g/mol. The molecule has 0 aliphatic carbocycles. The van der Waals surface area contributed by atoms with Crippen molar-refractivity contribution in [2.24, 2.45) is 5.92 Å². The van der Waals surface area contributed by atoms with Crippen molar-refractivity contribution in [3.05, 3.63) is 83.9 Å². The highest BCUT2D eigenvalue weighted by atomic mass is 79.9. The Bertz CT molecular complexity index is 493. The van der Waals surface area contributed by atoms with Crippen LogP contribution in [0.2, 0.25) is 0 Å². The van der Waals surface area contributed by atoms with Crippen molar-refractivity contribution in [2.45, 2.75) is 17.7 Å². The molecule has 0 aromatic heterocycles. The Balaban J connectivity index is 2.08. The lowest BCUT2D eigenvalue weighted by molar-refractivity contribution is 0.642. The van der Waals surface area contributed by atoms with Crippen molar-refractivity contribution in [3.63, 3.8) is 0 Å². The second-order valence-corrected chi connectivity index (χ2v) is 7.02. The summed E-state index contributed by atoms with van der Waals surface area (Å²) >= 11 is 7.14. The van der Waals surface area contributed by atoms with E-state index in [9.17, 15) is 0 Å². The van der Waals surface area contributed by atoms with Gasteiger partial charge < -0.3 is 0 Å². The molecule has 0 spiro atoms. The molecule has 0 saturated heterocycles. The molecule has 0 amide bonds. The quantitative estimate of drug-likeness (QED) is 0.401. The lowest BCUT2D eigenvalue weighted by Gasteiger charge is -2.14. The van der Waals surface area contributed by atoms with Crippen molar-refractivity contribution >= 4 is 31.9 Å². The standard InChI is InChI=1S/C19H20Br2/c20-15-19(21)12-11-18(13-16-7-3-1-4-8-16)14-17-9-5-2-6-10-17/h1-12,18-19H,13-15H2/b12-11+. The van der Waals surface area contributed by atoms with Crippen LogP contribution in [0.4, 0.5) is 0 Å². The minimum atomic E-state index is 0.395. The molecule has 2 rings (SSSR count). The van der Waals surface area contributed by atoms with Crippen LogP contribution in [0.15, 0.2) is 72.8 Å². The summed E-state index contributed by atoms with van der Waals surface area (Å²) < 4.78 is 0. The molecule has 2 heteroatoms. The molecule has 0 N–H and O–H groups in total. The van der Waals surface area contributed by atoms with Crippen molar-refractivity contribution in [2.75, 3.05) is 5.33 Å². The maximum atomic E-state index is 3.64. The van der Waals surface area contributed by atoms with Gasteiger partial charge in [-0.1, -0.05) is 105 Å². The van der Waals surface area contributed by atoms with Crippen LogP contribution in [0, 0.1) is 5.92 Å². The van der Waals surface area contributed by atoms with E-state index in [-0.39, 0.29) is 0 Å². The van der Waals surface area contributed by atoms with E-state index in [1.807, 2.05) is 0 Å². The number of benzene rings is 2. The van der Waals surface area contributed by atoms with Crippen LogP contribution in [0.1, 0.15) is 11.1 Å². The fourth-order valence-electron chi connectivity index (χ4n) is 2.37. The fourth-order valence-corrected chi connectivity index (χ4v) is 2.76. The zero-order chi connectivity index (χ0) is 14.9. The zero-order valence-corrected chi connectivity index (χ0v) is 15.1. The number of rotatable bonds is 7. The molecule has 0 aliphatic rings. The van der Waals surface area contributed by atoms with Gasteiger partial charge in [-0.15, -0.1) is 0 Å². The molecule has 21 heavy (non-hydrogen) atoms. The predicted octanol–water partition coefficient (Wildman–Crippen LogP) is 5.80. The van der Waals surface area contributed by atoms with Gasteiger partial charge in [0, 0.05) is 10.2 Å². The lowest BCUT2D eigenvalue weighted by Crippen LogP contribution is -2.07. The molecule has 2 aromatic carbocycles. The SMILES string of the molecule is BrCC(Br)/C=C/C(Cc1ccccc1)Cc1ccccc1. The minimum Gasteiger partial charge on any atom is -0.0913 e. The third kappa shape index (κ3) is 6.19. The van der Waals surface area contributed by atoms with Crippen molar-refractivity contribution < 1.29 is 0 Å². The van der Waals surface area contributed by atoms with E-state index >= 15 is 0 Å². The average molecular weight is 408 g/mol. The van der Waals surface area contributed by atoms with Gasteiger partial charge in [0.1, 0.15) is 0 Å². The minimum absolute atomic E-state index is 0.395. The molecule has 0 bridgehead atoms. The van der Waals surface area contributed by atoms with Crippen LogP contribution in [0.5, 0.6) is 0 Å². The topological polar surface area (TPSA) is 0 Å². The first-order valence-electron chi connectivity index (χ1n) is 7.24. The van der Waals surface area contributed by atoms with E-state index in [4.69, 9.17) is 0 Å². The second-order valence-electron chi connectivity index (χ2n) is 5.19. The average Bonchev–Trinajstić information content (AvgIpc) is 2.54. The van der Waals surface area contributed by atoms with Crippen molar-refractivity contribution in [1.29, 1.82) is 0 Å².